The Balaban J connectivity index is 3.45. The summed E-state index contributed by atoms with van der Waals surface area (Å²) in [6, 6.07) is 2.62. The molecular formula is C12H19N3O4S. The maximum Gasteiger partial charge on any atom is 0.293 e. The maximum absolute atomic E-state index is 12.1. The fourth-order valence-corrected chi connectivity index (χ4v) is 2.82. The molecule has 0 bridgehead atoms. The van der Waals surface area contributed by atoms with Crippen molar-refractivity contribution in [2.45, 2.75) is 25.2 Å². The van der Waals surface area contributed by atoms with E-state index in [1.165, 1.54) is 20.2 Å². The van der Waals surface area contributed by atoms with Crippen molar-refractivity contribution < 1.29 is 13.3 Å². The van der Waals surface area contributed by atoms with Gasteiger partial charge >= 0.3 is 0 Å². The van der Waals surface area contributed by atoms with E-state index in [2.05, 4.69) is 5.32 Å². The first-order chi connectivity index (χ1) is 9.21. The molecule has 1 N–H and O–H groups in total. The van der Waals surface area contributed by atoms with Gasteiger partial charge in [0.05, 0.1) is 9.82 Å². The summed E-state index contributed by atoms with van der Waals surface area (Å²) in [5.41, 5.74) is 0.583. The summed E-state index contributed by atoms with van der Waals surface area (Å²) in [5.74, 6) is 0. The Hall–Kier alpha value is -1.67. The van der Waals surface area contributed by atoms with E-state index < -0.39 is 14.9 Å². The molecule has 0 heterocycles. The minimum Gasteiger partial charge on any atom is -0.379 e. The number of nitrogens with zero attached hydrogens (tertiary/aromatic N) is 2. The van der Waals surface area contributed by atoms with E-state index in [9.17, 15) is 18.5 Å². The normalized spacial score (nSPS) is 11.7. The molecule has 0 saturated carbocycles. The van der Waals surface area contributed by atoms with Crippen molar-refractivity contribution in [3.05, 3.63) is 27.8 Å². The molecule has 0 spiro atoms. The molecule has 0 atom stereocenters. The summed E-state index contributed by atoms with van der Waals surface area (Å²) in [7, 11) is -0.914. The summed E-state index contributed by atoms with van der Waals surface area (Å²) in [6.07, 6.45) is 0.813. The van der Waals surface area contributed by atoms with Crippen LogP contribution in [0.2, 0.25) is 0 Å². The molecule has 20 heavy (non-hydrogen) atoms. The standard InChI is InChI=1S/C12H19N3O4S/c1-5-6-13-10-7-9(2)12(8-11(10)15(16)17)20(18,19)14(3)4/h7-8,13H,5-6H2,1-4H3. The minimum atomic E-state index is -3.70. The van der Waals surface area contributed by atoms with Crippen LogP contribution in [0.25, 0.3) is 0 Å². The minimum absolute atomic E-state index is 0.0451. The number of hydrogen-bond acceptors (Lipinski definition) is 5. The molecule has 1 rings (SSSR count). The van der Waals surface area contributed by atoms with E-state index in [-0.39, 0.29) is 10.6 Å². The molecule has 0 aliphatic rings. The topological polar surface area (TPSA) is 92.6 Å². The highest BCUT2D eigenvalue weighted by Crippen LogP contribution is 2.31. The van der Waals surface area contributed by atoms with Crippen molar-refractivity contribution in [3.63, 3.8) is 0 Å². The first-order valence-corrected chi connectivity index (χ1v) is 7.61. The third-order valence-electron chi connectivity index (χ3n) is 2.81. The van der Waals surface area contributed by atoms with Crippen molar-refractivity contribution in [1.29, 1.82) is 0 Å². The first kappa shape index (κ1) is 16.4. The molecule has 0 aliphatic carbocycles. The second kappa shape index (κ2) is 6.19. The number of hydrogen-bond donors (Lipinski definition) is 1. The molecule has 0 aliphatic heterocycles. The smallest absolute Gasteiger partial charge is 0.293 e. The van der Waals surface area contributed by atoms with Crippen LogP contribution in [-0.4, -0.2) is 38.3 Å². The Morgan fingerprint density at radius 3 is 2.40 bits per heavy atom. The average Bonchev–Trinajstić information content (AvgIpc) is 2.35. The summed E-state index contributed by atoms with van der Waals surface area (Å²) in [6.45, 7) is 4.15. The van der Waals surface area contributed by atoms with Gasteiger partial charge in [0, 0.05) is 26.7 Å². The third kappa shape index (κ3) is 3.26. The summed E-state index contributed by atoms with van der Waals surface area (Å²) >= 11 is 0. The highest BCUT2D eigenvalue weighted by molar-refractivity contribution is 7.89. The number of nitro benzene ring substituents is 1. The zero-order valence-corrected chi connectivity index (χ0v) is 12.8. The second-order valence-electron chi connectivity index (χ2n) is 4.61. The molecule has 112 valence electrons. The van der Waals surface area contributed by atoms with Gasteiger partial charge in [-0.1, -0.05) is 6.92 Å². The fourth-order valence-electron chi connectivity index (χ4n) is 1.70. The highest BCUT2D eigenvalue weighted by atomic mass is 32.2. The number of nitro groups is 1. The van der Waals surface area contributed by atoms with Gasteiger partial charge < -0.3 is 5.32 Å². The monoisotopic (exact) mass is 301 g/mol. The van der Waals surface area contributed by atoms with Gasteiger partial charge in [0.1, 0.15) is 5.69 Å². The average molecular weight is 301 g/mol. The molecular weight excluding hydrogens is 282 g/mol. The van der Waals surface area contributed by atoms with Crippen molar-refractivity contribution in [3.8, 4) is 0 Å². The second-order valence-corrected chi connectivity index (χ2v) is 6.73. The van der Waals surface area contributed by atoms with Crippen LogP contribution in [-0.2, 0) is 10.0 Å². The van der Waals surface area contributed by atoms with Gasteiger partial charge in [0.2, 0.25) is 10.0 Å². The Morgan fingerprint density at radius 2 is 1.95 bits per heavy atom. The van der Waals surface area contributed by atoms with E-state index in [0.29, 0.717) is 17.8 Å². The highest BCUT2D eigenvalue weighted by Gasteiger charge is 2.25. The lowest BCUT2D eigenvalue weighted by molar-refractivity contribution is -0.384. The van der Waals surface area contributed by atoms with Crippen molar-refractivity contribution in [2.75, 3.05) is 26.0 Å². The molecule has 1 aromatic rings. The fraction of sp³-hybridized carbons (Fsp3) is 0.500. The van der Waals surface area contributed by atoms with Crippen LogP contribution in [0.3, 0.4) is 0 Å². The SMILES string of the molecule is CCCNc1cc(C)c(S(=O)(=O)N(C)C)cc1[N+](=O)[O-]. The van der Waals surface area contributed by atoms with Gasteiger partial charge in [-0.25, -0.2) is 12.7 Å². The van der Waals surface area contributed by atoms with E-state index in [1.54, 1.807) is 6.92 Å². The summed E-state index contributed by atoms with van der Waals surface area (Å²) in [4.78, 5) is 10.5. The van der Waals surface area contributed by atoms with Crippen LogP contribution in [0.4, 0.5) is 11.4 Å². The van der Waals surface area contributed by atoms with Crippen LogP contribution in [0, 0.1) is 17.0 Å². The van der Waals surface area contributed by atoms with Crippen molar-refractivity contribution in [2.24, 2.45) is 0 Å². The van der Waals surface area contributed by atoms with Crippen molar-refractivity contribution in [1.82, 2.24) is 4.31 Å². The van der Waals surface area contributed by atoms with Crippen LogP contribution in [0.1, 0.15) is 18.9 Å². The number of anilines is 1. The number of sulfonamides is 1. The molecule has 0 radical (unpaired) electrons. The van der Waals surface area contributed by atoms with Gasteiger partial charge in [0.15, 0.2) is 0 Å². The molecule has 0 unspecified atom stereocenters. The molecule has 0 amide bonds. The third-order valence-corrected chi connectivity index (χ3v) is 4.77. The molecule has 0 aromatic heterocycles. The zero-order valence-electron chi connectivity index (χ0n) is 12.0. The quantitative estimate of drug-likeness (QED) is 0.640. The molecule has 1 aromatic carbocycles. The van der Waals surface area contributed by atoms with Crippen LogP contribution < -0.4 is 5.32 Å². The molecule has 7 nitrogen and oxygen atoms in total. The largest absolute Gasteiger partial charge is 0.379 e. The lowest BCUT2D eigenvalue weighted by Gasteiger charge is -2.15. The van der Waals surface area contributed by atoms with Gasteiger partial charge in [-0.05, 0) is 25.0 Å². The van der Waals surface area contributed by atoms with Gasteiger partial charge in [-0.15, -0.1) is 0 Å². The lowest BCUT2D eigenvalue weighted by Crippen LogP contribution is -2.23. The van der Waals surface area contributed by atoms with Gasteiger partial charge in [-0.2, -0.15) is 0 Å². The van der Waals surface area contributed by atoms with E-state index >= 15 is 0 Å². The Labute approximate surface area is 118 Å². The molecule has 8 heteroatoms. The lowest BCUT2D eigenvalue weighted by atomic mass is 10.2. The van der Waals surface area contributed by atoms with Crippen LogP contribution in [0.15, 0.2) is 17.0 Å². The number of benzene rings is 1. The predicted octanol–water partition coefficient (Wildman–Crippen LogP) is 1.98. The first-order valence-electron chi connectivity index (χ1n) is 6.17. The number of aryl methyl sites for hydroxylation is 1. The number of rotatable bonds is 6. The summed E-state index contributed by atoms with van der Waals surface area (Å²) in [5, 5.41) is 14.0. The van der Waals surface area contributed by atoms with Crippen molar-refractivity contribution >= 4 is 21.4 Å². The van der Waals surface area contributed by atoms with Crippen LogP contribution in [0.5, 0.6) is 0 Å². The maximum atomic E-state index is 12.1. The Kier molecular flexibility index (Phi) is 5.07. The van der Waals surface area contributed by atoms with Gasteiger partial charge in [-0.3, -0.25) is 10.1 Å². The van der Waals surface area contributed by atoms with E-state index in [0.717, 1.165) is 16.8 Å². The van der Waals surface area contributed by atoms with Crippen LogP contribution >= 0.6 is 0 Å². The summed E-state index contributed by atoms with van der Waals surface area (Å²) < 4.78 is 25.3. The Bertz CT molecular complexity index is 611. The molecule has 0 fully saturated rings. The van der Waals surface area contributed by atoms with E-state index in [1.807, 2.05) is 6.92 Å². The number of nitrogens with one attached hydrogen (secondary N) is 1. The molecule has 0 saturated heterocycles. The zero-order chi connectivity index (χ0) is 15.5. The van der Waals surface area contributed by atoms with Gasteiger partial charge in [0.25, 0.3) is 5.69 Å². The predicted molar refractivity (Wildman–Crippen MR) is 77.5 cm³/mol. The Morgan fingerprint density at radius 1 is 1.35 bits per heavy atom. The van der Waals surface area contributed by atoms with E-state index in [4.69, 9.17) is 0 Å².